The van der Waals surface area contributed by atoms with E-state index in [9.17, 15) is 4.79 Å². The van der Waals surface area contributed by atoms with Crippen LogP contribution in [-0.2, 0) is 0 Å². The van der Waals surface area contributed by atoms with Crippen LogP contribution < -0.4 is 5.32 Å². The Labute approximate surface area is 141 Å². The second kappa shape index (κ2) is 5.55. The molecular weight excluding hydrogens is 310 g/mol. The Balaban J connectivity index is 1.55. The summed E-state index contributed by atoms with van der Waals surface area (Å²) in [7, 11) is 0. The number of nitrogens with one attached hydrogen (secondary N) is 1. The largest absolute Gasteiger partial charge is 0.449 e. The van der Waals surface area contributed by atoms with Crippen LogP contribution in [0.2, 0.25) is 5.02 Å². The standard InChI is InChI=1S/C19H22ClNO2/c1-10-14-4-3-5-16(20)18(14)23-17(10)19(22)21-11(2)15-9-12-6-7-13(15)8-12/h3-5,11-13,15H,6-9H2,1-2H3,(H,21,22)/t11-,12+,13+,15-/m1/s1. The Kier molecular flexibility index (Phi) is 3.64. The van der Waals surface area contributed by atoms with Gasteiger partial charge in [-0.05, 0) is 56.9 Å². The number of fused-ring (bicyclic) bond motifs is 3. The summed E-state index contributed by atoms with van der Waals surface area (Å²) < 4.78 is 5.77. The van der Waals surface area contributed by atoms with Crippen LogP contribution >= 0.6 is 11.6 Å². The van der Waals surface area contributed by atoms with Crippen LogP contribution in [0, 0.1) is 24.7 Å². The van der Waals surface area contributed by atoms with Crippen LogP contribution in [0.4, 0.5) is 0 Å². The molecule has 23 heavy (non-hydrogen) atoms. The van der Waals surface area contributed by atoms with E-state index < -0.39 is 0 Å². The van der Waals surface area contributed by atoms with Gasteiger partial charge in [-0.25, -0.2) is 0 Å². The molecule has 1 heterocycles. The predicted molar refractivity (Wildman–Crippen MR) is 91.8 cm³/mol. The molecule has 4 atom stereocenters. The maximum Gasteiger partial charge on any atom is 0.287 e. The molecule has 1 N–H and O–H groups in total. The maximum absolute atomic E-state index is 12.7. The molecule has 2 aliphatic rings. The highest BCUT2D eigenvalue weighted by Crippen LogP contribution is 2.49. The van der Waals surface area contributed by atoms with Crippen LogP contribution in [0.25, 0.3) is 11.0 Å². The Morgan fingerprint density at radius 2 is 2.17 bits per heavy atom. The third-order valence-electron chi connectivity index (χ3n) is 5.92. The summed E-state index contributed by atoms with van der Waals surface area (Å²) in [6.07, 6.45) is 5.32. The smallest absolute Gasteiger partial charge is 0.287 e. The number of furan rings is 1. The third kappa shape index (κ3) is 2.46. The van der Waals surface area contributed by atoms with E-state index in [1.54, 1.807) is 6.07 Å². The van der Waals surface area contributed by atoms with Gasteiger partial charge < -0.3 is 9.73 Å². The number of carbonyl (C=O) groups excluding carboxylic acids is 1. The molecule has 122 valence electrons. The number of amides is 1. The molecule has 0 radical (unpaired) electrons. The van der Waals surface area contributed by atoms with Gasteiger partial charge in [0, 0.05) is 17.0 Å². The van der Waals surface area contributed by atoms with Crippen LogP contribution in [-0.4, -0.2) is 11.9 Å². The van der Waals surface area contributed by atoms with E-state index in [0.29, 0.717) is 22.3 Å². The minimum Gasteiger partial charge on any atom is -0.449 e. The van der Waals surface area contributed by atoms with Crippen molar-refractivity contribution < 1.29 is 9.21 Å². The van der Waals surface area contributed by atoms with Crippen LogP contribution in [0.5, 0.6) is 0 Å². The number of rotatable bonds is 3. The number of hydrogen-bond donors (Lipinski definition) is 1. The van der Waals surface area contributed by atoms with E-state index in [1.807, 2.05) is 19.1 Å². The molecule has 4 heteroatoms. The lowest BCUT2D eigenvalue weighted by Crippen LogP contribution is -2.40. The normalized spacial score (nSPS) is 27.5. The Hall–Kier alpha value is -1.48. The molecule has 2 bridgehead atoms. The van der Waals surface area contributed by atoms with Gasteiger partial charge in [0.2, 0.25) is 0 Å². The molecule has 1 aromatic carbocycles. The number of para-hydroxylation sites is 1. The summed E-state index contributed by atoms with van der Waals surface area (Å²) in [6, 6.07) is 5.80. The van der Waals surface area contributed by atoms with E-state index in [-0.39, 0.29) is 11.9 Å². The highest BCUT2D eigenvalue weighted by Gasteiger charge is 2.42. The predicted octanol–water partition coefficient (Wildman–Crippen LogP) is 4.95. The first kappa shape index (κ1) is 15.1. The van der Waals surface area contributed by atoms with Gasteiger partial charge in [0.15, 0.2) is 11.3 Å². The number of benzene rings is 1. The van der Waals surface area contributed by atoms with Gasteiger partial charge in [0.25, 0.3) is 5.91 Å². The number of aryl methyl sites for hydroxylation is 1. The molecule has 1 aromatic heterocycles. The molecule has 3 nitrogen and oxygen atoms in total. The highest BCUT2D eigenvalue weighted by molar-refractivity contribution is 6.35. The number of carbonyl (C=O) groups is 1. The lowest BCUT2D eigenvalue weighted by atomic mass is 9.84. The fourth-order valence-corrected chi connectivity index (χ4v) is 4.92. The Bertz CT molecular complexity index is 766. The quantitative estimate of drug-likeness (QED) is 0.864. The van der Waals surface area contributed by atoms with E-state index in [4.69, 9.17) is 16.0 Å². The van der Waals surface area contributed by atoms with Crippen molar-refractivity contribution in [3.05, 3.63) is 34.5 Å². The zero-order chi connectivity index (χ0) is 16.1. The first-order chi connectivity index (χ1) is 11.0. The molecule has 0 saturated heterocycles. The van der Waals surface area contributed by atoms with Crippen molar-refractivity contribution in [1.29, 1.82) is 0 Å². The zero-order valence-electron chi connectivity index (χ0n) is 13.6. The summed E-state index contributed by atoms with van der Waals surface area (Å²) >= 11 is 6.17. The van der Waals surface area contributed by atoms with Crippen molar-refractivity contribution >= 4 is 28.5 Å². The summed E-state index contributed by atoms with van der Waals surface area (Å²) in [5.41, 5.74) is 1.46. The van der Waals surface area contributed by atoms with Gasteiger partial charge in [-0.1, -0.05) is 30.2 Å². The maximum atomic E-state index is 12.7. The molecule has 1 amide bonds. The minimum atomic E-state index is -0.120. The van der Waals surface area contributed by atoms with Crippen LogP contribution in [0.1, 0.15) is 48.7 Å². The first-order valence-electron chi connectivity index (χ1n) is 8.53. The molecular formula is C19H22ClNO2. The summed E-state index contributed by atoms with van der Waals surface area (Å²) in [5, 5.41) is 4.63. The lowest BCUT2D eigenvalue weighted by Gasteiger charge is -2.28. The Morgan fingerprint density at radius 1 is 1.35 bits per heavy atom. The van der Waals surface area contributed by atoms with E-state index in [1.165, 1.54) is 25.7 Å². The van der Waals surface area contributed by atoms with E-state index in [2.05, 4.69) is 12.2 Å². The highest BCUT2D eigenvalue weighted by atomic mass is 35.5. The lowest BCUT2D eigenvalue weighted by molar-refractivity contribution is 0.0888. The van der Waals surface area contributed by atoms with Crippen molar-refractivity contribution in [1.82, 2.24) is 5.32 Å². The van der Waals surface area contributed by atoms with Crippen molar-refractivity contribution in [2.24, 2.45) is 17.8 Å². The SMILES string of the molecule is Cc1c(C(=O)N[C@H](C)[C@H]2C[C@H]3CC[C@H]2C3)oc2c(Cl)cccc12. The van der Waals surface area contributed by atoms with Crippen LogP contribution in [0.3, 0.4) is 0 Å². The summed E-state index contributed by atoms with van der Waals surface area (Å²) in [5.74, 6) is 2.57. The summed E-state index contributed by atoms with van der Waals surface area (Å²) in [6.45, 7) is 4.05. The molecule has 2 aromatic rings. The van der Waals surface area contributed by atoms with Gasteiger partial charge >= 0.3 is 0 Å². The second-order valence-corrected chi connectivity index (χ2v) is 7.68. The number of hydrogen-bond acceptors (Lipinski definition) is 2. The van der Waals surface area contributed by atoms with Gasteiger partial charge in [-0.3, -0.25) is 4.79 Å². The second-order valence-electron chi connectivity index (χ2n) is 7.27. The van der Waals surface area contributed by atoms with Crippen molar-refractivity contribution in [2.45, 2.75) is 45.6 Å². The monoisotopic (exact) mass is 331 g/mol. The van der Waals surface area contributed by atoms with Crippen LogP contribution in [0.15, 0.2) is 22.6 Å². The topological polar surface area (TPSA) is 42.2 Å². The van der Waals surface area contributed by atoms with Crippen molar-refractivity contribution in [3.8, 4) is 0 Å². The van der Waals surface area contributed by atoms with Gasteiger partial charge in [0.05, 0.1) is 5.02 Å². The van der Waals surface area contributed by atoms with Crippen molar-refractivity contribution in [3.63, 3.8) is 0 Å². The third-order valence-corrected chi connectivity index (χ3v) is 6.21. The molecule has 2 aliphatic carbocycles. The molecule has 0 aliphatic heterocycles. The average molecular weight is 332 g/mol. The molecule has 0 spiro atoms. The van der Waals surface area contributed by atoms with Gasteiger partial charge in [0.1, 0.15) is 0 Å². The fraction of sp³-hybridized carbons (Fsp3) is 0.526. The molecule has 4 rings (SSSR count). The minimum absolute atomic E-state index is 0.120. The fourth-order valence-electron chi connectivity index (χ4n) is 4.71. The summed E-state index contributed by atoms with van der Waals surface area (Å²) in [4.78, 5) is 12.7. The van der Waals surface area contributed by atoms with Gasteiger partial charge in [-0.2, -0.15) is 0 Å². The average Bonchev–Trinajstić information content (AvgIpc) is 3.22. The number of halogens is 1. The first-order valence-corrected chi connectivity index (χ1v) is 8.91. The van der Waals surface area contributed by atoms with Gasteiger partial charge in [-0.15, -0.1) is 0 Å². The van der Waals surface area contributed by atoms with Crippen molar-refractivity contribution in [2.75, 3.05) is 0 Å². The zero-order valence-corrected chi connectivity index (χ0v) is 14.3. The van der Waals surface area contributed by atoms with E-state index >= 15 is 0 Å². The molecule has 2 saturated carbocycles. The van der Waals surface area contributed by atoms with E-state index in [0.717, 1.165) is 22.8 Å². The molecule has 2 fully saturated rings. The molecule has 0 unspecified atom stereocenters. The Morgan fingerprint density at radius 3 is 2.83 bits per heavy atom.